The summed E-state index contributed by atoms with van der Waals surface area (Å²) in [5.41, 5.74) is 1.93. The summed E-state index contributed by atoms with van der Waals surface area (Å²) >= 11 is 6.49. The standard InChI is InChI=1S/C34H35ClFN3O4S/c1-3-21-37-34(41)32(22-26-11-5-4-6-12-26)38(23-27-13-7-8-14-29(27)35)33(40)24-39(31-16-10-9-15-30(31)36)44(42,43)28-19-17-25(2)18-20-28/h4-20,32H,3,21-24H2,1-2H3,(H,37,41). The van der Waals surface area contributed by atoms with Gasteiger partial charge in [0.25, 0.3) is 10.0 Å². The number of nitrogens with zero attached hydrogens (tertiary/aromatic N) is 2. The van der Waals surface area contributed by atoms with Gasteiger partial charge in [-0.1, -0.05) is 96.9 Å². The summed E-state index contributed by atoms with van der Waals surface area (Å²) in [5, 5.41) is 3.27. The summed E-state index contributed by atoms with van der Waals surface area (Å²) in [4.78, 5) is 29.3. The number of nitrogens with one attached hydrogen (secondary N) is 1. The largest absolute Gasteiger partial charge is 0.354 e. The Morgan fingerprint density at radius 1 is 0.886 bits per heavy atom. The average molecular weight is 636 g/mol. The van der Waals surface area contributed by atoms with Crippen molar-refractivity contribution in [3.05, 3.63) is 131 Å². The lowest BCUT2D eigenvalue weighted by atomic mass is 10.0. The van der Waals surface area contributed by atoms with Crippen molar-refractivity contribution < 1.29 is 22.4 Å². The highest BCUT2D eigenvalue weighted by molar-refractivity contribution is 7.92. The molecule has 0 saturated carbocycles. The van der Waals surface area contributed by atoms with Crippen LogP contribution in [0.4, 0.5) is 10.1 Å². The van der Waals surface area contributed by atoms with E-state index in [2.05, 4.69) is 5.32 Å². The van der Waals surface area contributed by atoms with Gasteiger partial charge in [-0.3, -0.25) is 13.9 Å². The van der Waals surface area contributed by atoms with Crippen LogP contribution >= 0.6 is 11.6 Å². The summed E-state index contributed by atoms with van der Waals surface area (Å²) in [6, 6.07) is 26.6. The number of hydrogen-bond acceptors (Lipinski definition) is 4. The molecule has 0 aliphatic rings. The van der Waals surface area contributed by atoms with Crippen LogP contribution < -0.4 is 9.62 Å². The normalized spacial score (nSPS) is 11.9. The summed E-state index contributed by atoms with van der Waals surface area (Å²) in [7, 11) is -4.40. The van der Waals surface area contributed by atoms with Crippen LogP contribution in [0.5, 0.6) is 0 Å². The topological polar surface area (TPSA) is 86.8 Å². The molecular weight excluding hydrogens is 601 g/mol. The van der Waals surface area contributed by atoms with E-state index in [9.17, 15) is 18.0 Å². The van der Waals surface area contributed by atoms with E-state index in [4.69, 9.17) is 11.6 Å². The number of sulfonamides is 1. The first kappa shape index (κ1) is 32.7. The van der Waals surface area contributed by atoms with Crippen molar-refractivity contribution in [1.29, 1.82) is 0 Å². The van der Waals surface area contributed by atoms with E-state index >= 15 is 4.39 Å². The zero-order valence-corrected chi connectivity index (χ0v) is 26.2. The molecule has 4 aromatic rings. The van der Waals surface area contributed by atoms with Gasteiger partial charge < -0.3 is 10.2 Å². The second-order valence-corrected chi connectivity index (χ2v) is 12.7. The quantitative estimate of drug-likeness (QED) is 0.191. The molecule has 2 amide bonds. The van der Waals surface area contributed by atoms with Gasteiger partial charge in [0, 0.05) is 24.5 Å². The molecule has 0 bridgehead atoms. The van der Waals surface area contributed by atoms with E-state index in [0.717, 1.165) is 21.5 Å². The van der Waals surface area contributed by atoms with Crippen molar-refractivity contribution in [1.82, 2.24) is 10.2 Å². The maximum atomic E-state index is 15.2. The Kier molecular flexibility index (Phi) is 11.1. The van der Waals surface area contributed by atoms with Crippen LogP contribution in [0.15, 0.2) is 108 Å². The van der Waals surface area contributed by atoms with Crippen LogP contribution in [0.2, 0.25) is 5.02 Å². The molecular formula is C34H35ClFN3O4S. The van der Waals surface area contributed by atoms with Crippen LogP contribution in [-0.2, 0) is 32.6 Å². The first-order chi connectivity index (χ1) is 21.1. The fraction of sp³-hybridized carbons (Fsp3) is 0.235. The third-order valence-corrected chi connectivity index (χ3v) is 9.27. The number of rotatable bonds is 13. The molecule has 1 N–H and O–H groups in total. The minimum atomic E-state index is -4.40. The lowest BCUT2D eigenvalue weighted by Gasteiger charge is -2.34. The van der Waals surface area contributed by atoms with Crippen molar-refractivity contribution >= 4 is 39.1 Å². The molecule has 0 saturated heterocycles. The zero-order valence-electron chi connectivity index (χ0n) is 24.6. The zero-order chi connectivity index (χ0) is 31.7. The second-order valence-electron chi connectivity index (χ2n) is 10.4. The highest BCUT2D eigenvalue weighted by Crippen LogP contribution is 2.28. The van der Waals surface area contributed by atoms with E-state index in [1.807, 2.05) is 44.2 Å². The SMILES string of the molecule is CCCNC(=O)C(Cc1ccccc1)N(Cc1ccccc1Cl)C(=O)CN(c1ccccc1F)S(=O)(=O)c1ccc(C)cc1. The lowest BCUT2D eigenvalue weighted by Crippen LogP contribution is -2.53. The maximum absolute atomic E-state index is 15.2. The number of carbonyl (C=O) groups excluding carboxylic acids is 2. The molecule has 10 heteroatoms. The molecule has 0 spiro atoms. The smallest absolute Gasteiger partial charge is 0.264 e. The Balaban J connectivity index is 1.81. The van der Waals surface area contributed by atoms with Gasteiger partial charge in [-0.05, 0) is 54.8 Å². The van der Waals surface area contributed by atoms with Gasteiger partial charge in [0.2, 0.25) is 11.8 Å². The van der Waals surface area contributed by atoms with E-state index in [1.54, 1.807) is 36.4 Å². The molecule has 0 fully saturated rings. The number of anilines is 1. The Labute approximate surface area is 263 Å². The second kappa shape index (κ2) is 15.0. The lowest BCUT2D eigenvalue weighted by molar-refractivity contribution is -0.140. The number of halogens is 2. The number of para-hydroxylation sites is 1. The summed E-state index contributed by atoms with van der Waals surface area (Å²) in [6.07, 6.45) is 0.842. The molecule has 4 aromatic carbocycles. The van der Waals surface area contributed by atoms with Crippen molar-refractivity contribution in [2.45, 2.75) is 44.2 Å². The van der Waals surface area contributed by atoms with Crippen LogP contribution in [0.3, 0.4) is 0 Å². The van der Waals surface area contributed by atoms with E-state index in [1.165, 1.54) is 35.2 Å². The maximum Gasteiger partial charge on any atom is 0.264 e. The van der Waals surface area contributed by atoms with Crippen molar-refractivity contribution in [2.24, 2.45) is 0 Å². The molecule has 1 atom stereocenters. The third-order valence-electron chi connectivity index (χ3n) is 7.13. The Morgan fingerprint density at radius 2 is 1.52 bits per heavy atom. The van der Waals surface area contributed by atoms with Crippen molar-refractivity contribution in [2.75, 3.05) is 17.4 Å². The number of carbonyl (C=O) groups is 2. The molecule has 4 rings (SSSR count). The molecule has 0 aliphatic heterocycles. The van der Waals surface area contributed by atoms with Crippen LogP contribution in [0.25, 0.3) is 0 Å². The van der Waals surface area contributed by atoms with Gasteiger partial charge in [0.1, 0.15) is 18.4 Å². The minimum absolute atomic E-state index is 0.0781. The summed E-state index contributed by atoms with van der Waals surface area (Å²) < 4.78 is 43.9. The van der Waals surface area contributed by atoms with Gasteiger partial charge in [-0.15, -0.1) is 0 Å². The first-order valence-electron chi connectivity index (χ1n) is 14.3. The Hall–Kier alpha value is -4.21. The molecule has 0 aliphatic carbocycles. The number of amides is 2. The van der Waals surface area contributed by atoms with E-state index < -0.39 is 40.2 Å². The minimum Gasteiger partial charge on any atom is -0.354 e. The van der Waals surface area contributed by atoms with Gasteiger partial charge >= 0.3 is 0 Å². The average Bonchev–Trinajstić information content (AvgIpc) is 3.02. The molecule has 230 valence electrons. The highest BCUT2D eigenvalue weighted by atomic mass is 35.5. The molecule has 0 heterocycles. The predicted molar refractivity (Wildman–Crippen MR) is 171 cm³/mol. The van der Waals surface area contributed by atoms with Crippen LogP contribution in [0, 0.1) is 12.7 Å². The van der Waals surface area contributed by atoms with Crippen molar-refractivity contribution in [3.8, 4) is 0 Å². The van der Waals surface area contributed by atoms with E-state index in [-0.39, 0.29) is 23.5 Å². The highest BCUT2D eigenvalue weighted by Gasteiger charge is 2.35. The fourth-order valence-corrected chi connectivity index (χ4v) is 6.35. The predicted octanol–water partition coefficient (Wildman–Crippen LogP) is 6.15. The van der Waals surface area contributed by atoms with Crippen LogP contribution in [-0.4, -0.2) is 44.3 Å². The number of aryl methyl sites for hydroxylation is 1. The number of benzene rings is 4. The van der Waals surface area contributed by atoms with Gasteiger partial charge in [0.15, 0.2) is 0 Å². The summed E-state index contributed by atoms with van der Waals surface area (Å²) in [5.74, 6) is -1.90. The molecule has 1 unspecified atom stereocenters. The Morgan fingerprint density at radius 3 is 2.18 bits per heavy atom. The Bertz CT molecular complexity index is 1680. The molecule has 44 heavy (non-hydrogen) atoms. The molecule has 0 aromatic heterocycles. The number of hydrogen-bond donors (Lipinski definition) is 1. The van der Waals surface area contributed by atoms with E-state index in [0.29, 0.717) is 23.6 Å². The van der Waals surface area contributed by atoms with Crippen molar-refractivity contribution in [3.63, 3.8) is 0 Å². The molecule has 0 radical (unpaired) electrons. The third kappa shape index (κ3) is 8.03. The first-order valence-corrected chi connectivity index (χ1v) is 16.1. The van der Waals surface area contributed by atoms with Crippen LogP contribution in [0.1, 0.15) is 30.0 Å². The summed E-state index contributed by atoms with van der Waals surface area (Å²) in [6.45, 7) is 3.29. The molecule has 7 nitrogen and oxygen atoms in total. The fourth-order valence-electron chi connectivity index (χ4n) is 4.73. The van der Waals surface area contributed by atoms with Gasteiger partial charge in [-0.2, -0.15) is 0 Å². The van der Waals surface area contributed by atoms with Gasteiger partial charge in [-0.25, -0.2) is 12.8 Å². The van der Waals surface area contributed by atoms with Gasteiger partial charge in [0.05, 0.1) is 10.6 Å². The monoisotopic (exact) mass is 635 g/mol.